The van der Waals surface area contributed by atoms with Crippen LogP contribution in [0.3, 0.4) is 0 Å². The second-order valence-electron chi connectivity index (χ2n) is 8.15. The van der Waals surface area contributed by atoms with E-state index in [4.69, 9.17) is 9.47 Å². The molecule has 1 fully saturated rings. The topological polar surface area (TPSA) is 99.6 Å². The first-order valence-electron chi connectivity index (χ1n) is 10.8. The van der Waals surface area contributed by atoms with Crippen molar-refractivity contribution in [3.63, 3.8) is 0 Å². The molecule has 10 heteroatoms. The fraction of sp³-hybridized carbons (Fsp3) is 0.667. The van der Waals surface area contributed by atoms with Crippen LogP contribution in [0, 0.1) is 5.92 Å². The molecule has 31 heavy (non-hydrogen) atoms. The maximum atomic E-state index is 12.9. The van der Waals surface area contributed by atoms with Crippen molar-refractivity contribution in [2.24, 2.45) is 5.92 Å². The minimum atomic E-state index is -3.53. The highest BCUT2D eigenvalue weighted by Gasteiger charge is 2.39. The monoisotopic (exact) mass is 455 g/mol. The van der Waals surface area contributed by atoms with Crippen molar-refractivity contribution < 1.29 is 27.8 Å². The normalized spacial score (nSPS) is 21.3. The molecule has 0 radical (unpaired) electrons. The molecule has 2 aliphatic rings. The molecule has 1 N–H and O–H groups in total. The Kier molecular flexibility index (Phi) is 7.79. The minimum absolute atomic E-state index is 0.173. The van der Waals surface area contributed by atoms with Gasteiger partial charge in [0.05, 0.1) is 5.92 Å². The summed E-state index contributed by atoms with van der Waals surface area (Å²) in [6.45, 7) is 6.76. The van der Waals surface area contributed by atoms with Crippen molar-refractivity contribution in [2.45, 2.75) is 32.6 Å². The summed E-state index contributed by atoms with van der Waals surface area (Å²) in [7, 11) is -1.92. The van der Waals surface area contributed by atoms with Gasteiger partial charge < -0.3 is 19.5 Å². The molecule has 2 atom stereocenters. The van der Waals surface area contributed by atoms with Crippen molar-refractivity contribution in [1.29, 1.82) is 0 Å². The number of likely N-dealkylation sites (tertiary alicyclic amines) is 1. The smallest absolute Gasteiger partial charge is 0.308 e. The number of carboxylic acid groups (broad SMARTS) is 1. The highest BCUT2D eigenvalue weighted by atomic mass is 32.2. The number of carboxylic acids is 1. The van der Waals surface area contributed by atoms with E-state index in [1.807, 2.05) is 36.9 Å². The van der Waals surface area contributed by atoms with E-state index in [9.17, 15) is 18.3 Å². The average molecular weight is 456 g/mol. The lowest BCUT2D eigenvalue weighted by Crippen LogP contribution is -2.45. The molecule has 2 aliphatic heterocycles. The number of rotatable bonds is 11. The second kappa shape index (κ2) is 10.2. The summed E-state index contributed by atoms with van der Waals surface area (Å²) in [4.78, 5) is 14.0. The molecule has 1 saturated heterocycles. The Labute approximate surface area is 184 Å². The van der Waals surface area contributed by atoms with Gasteiger partial charge in [-0.05, 0) is 30.5 Å². The first-order valence-corrected chi connectivity index (χ1v) is 12.2. The molecule has 3 rings (SSSR count). The number of benzene rings is 1. The van der Waals surface area contributed by atoms with Crippen molar-refractivity contribution >= 4 is 16.2 Å². The lowest BCUT2D eigenvalue weighted by atomic mass is 9.89. The molecule has 1 aromatic rings. The third kappa shape index (κ3) is 5.31. The van der Waals surface area contributed by atoms with Gasteiger partial charge in [0.15, 0.2) is 11.5 Å². The third-order valence-corrected chi connectivity index (χ3v) is 7.92. The van der Waals surface area contributed by atoms with Crippen molar-refractivity contribution in [1.82, 2.24) is 13.5 Å². The number of hydrogen-bond acceptors (Lipinski definition) is 6. The fourth-order valence-electron chi connectivity index (χ4n) is 4.27. The van der Waals surface area contributed by atoms with Gasteiger partial charge in [0.25, 0.3) is 10.2 Å². The molecule has 1 aromatic carbocycles. The summed E-state index contributed by atoms with van der Waals surface area (Å²) in [5, 5.41) is 9.78. The Bertz CT molecular complexity index is 878. The van der Waals surface area contributed by atoms with Gasteiger partial charge in [0.1, 0.15) is 0 Å². The van der Waals surface area contributed by atoms with Crippen molar-refractivity contribution in [3.05, 3.63) is 23.8 Å². The SMILES string of the molecule is CCCN(C)S(=O)(=O)N(CCC)CCN1CC(C(=O)O)C(c2ccc3c(c2)OCO3)C1. The number of aliphatic carboxylic acids is 1. The number of nitrogens with zero attached hydrogens (tertiary/aromatic N) is 3. The molecule has 2 unspecified atom stereocenters. The van der Waals surface area contributed by atoms with E-state index in [1.165, 1.54) is 8.61 Å². The summed E-state index contributed by atoms with van der Waals surface area (Å²) in [6, 6.07) is 5.57. The molecule has 2 heterocycles. The van der Waals surface area contributed by atoms with Crippen LogP contribution < -0.4 is 9.47 Å². The van der Waals surface area contributed by atoms with Gasteiger partial charge >= 0.3 is 5.97 Å². The molecule has 0 amide bonds. The Morgan fingerprint density at radius 1 is 1.13 bits per heavy atom. The van der Waals surface area contributed by atoms with E-state index in [-0.39, 0.29) is 12.7 Å². The highest BCUT2D eigenvalue weighted by molar-refractivity contribution is 7.86. The Morgan fingerprint density at radius 2 is 1.84 bits per heavy atom. The van der Waals surface area contributed by atoms with Gasteiger partial charge in [-0.25, -0.2) is 0 Å². The van der Waals surface area contributed by atoms with Crippen LogP contribution in [0.15, 0.2) is 18.2 Å². The Morgan fingerprint density at radius 3 is 2.52 bits per heavy atom. The van der Waals surface area contributed by atoms with Crippen LogP contribution in [0.25, 0.3) is 0 Å². The quantitative estimate of drug-likeness (QED) is 0.543. The van der Waals surface area contributed by atoms with Crippen LogP contribution in [0.5, 0.6) is 11.5 Å². The van der Waals surface area contributed by atoms with E-state index < -0.39 is 22.1 Å². The third-order valence-electron chi connectivity index (χ3n) is 5.93. The van der Waals surface area contributed by atoms with Crippen LogP contribution >= 0.6 is 0 Å². The standard InChI is InChI=1S/C21H33N3O6S/c1-4-8-22(3)31(27,28)24(9-5-2)11-10-23-13-17(18(14-23)21(25)26)16-6-7-19-20(12-16)30-15-29-19/h6-7,12,17-18H,4-5,8-11,13-15H2,1-3H3,(H,25,26). The van der Waals surface area contributed by atoms with E-state index in [0.717, 1.165) is 18.4 Å². The number of hydrogen-bond donors (Lipinski definition) is 1. The van der Waals surface area contributed by atoms with Crippen LogP contribution in [0.1, 0.15) is 38.2 Å². The maximum absolute atomic E-state index is 12.9. The Hall–Kier alpha value is -1.88. The lowest BCUT2D eigenvalue weighted by molar-refractivity contribution is -0.141. The van der Waals surface area contributed by atoms with Crippen LogP contribution in [-0.4, -0.2) is 86.1 Å². The molecule has 0 saturated carbocycles. The second-order valence-corrected chi connectivity index (χ2v) is 10.2. The fourth-order valence-corrected chi connectivity index (χ4v) is 5.81. The first-order chi connectivity index (χ1) is 14.8. The highest BCUT2D eigenvalue weighted by Crippen LogP contribution is 2.39. The van der Waals surface area contributed by atoms with Crippen molar-refractivity contribution in [3.8, 4) is 11.5 Å². The summed E-state index contributed by atoms with van der Waals surface area (Å²) in [5.74, 6) is -0.280. The van der Waals surface area contributed by atoms with E-state index in [2.05, 4.69) is 0 Å². The van der Waals surface area contributed by atoms with Gasteiger partial charge in [-0.15, -0.1) is 0 Å². The van der Waals surface area contributed by atoms with Gasteiger partial charge in [0, 0.05) is 52.2 Å². The van der Waals surface area contributed by atoms with Crippen LogP contribution in [0.2, 0.25) is 0 Å². The summed E-state index contributed by atoms with van der Waals surface area (Å²) in [6.07, 6.45) is 1.47. The predicted molar refractivity (Wildman–Crippen MR) is 117 cm³/mol. The molecule has 0 aliphatic carbocycles. The lowest BCUT2D eigenvalue weighted by Gasteiger charge is -2.28. The number of ether oxygens (including phenoxy) is 2. The zero-order valence-electron chi connectivity index (χ0n) is 18.5. The van der Waals surface area contributed by atoms with E-state index >= 15 is 0 Å². The summed E-state index contributed by atoms with van der Waals surface area (Å²) >= 11 is 0. The first kappa shape index (κ1) is 23.8. The molecule has 174 valence electrons. The van der Waals surface area contributed by atoms with E-state index in [0.29, 0.717) is 50.8 Å². The molecule has 0 spiro atoms. The summed E-state index contributed by atoms with van der Waals surface area (Å²) < 4.78 is 39.5. The largest absolute Gasteiger partial charge is 0.481 e. The number of carbonyl (C=O) groups is 1. The van der Waals surface area contributed by atoms with E-state index in [1.54, 1.807) is 7.05 Å². The van der Waals surface area contributed by atoms with Crippen molar-refractivity contribution in [2.75, 3.05) is 53.1 Å². The molecule has 9 nitrogen and oxygen atoms in total. The van der Waals surface area contributed by atoms with Crippen LogP contribution in [-0.2, 0) is 15.0 Å². The van der Waals surface area contributed by atoms with Gasteiger partial charge in [-0.2, -0.15) is 17.0 Å². The molecular formula is C21H33N3O6S. The number of fused-ring (bicyclic) bond motifs is 1. The zero-order valence-corrected chi connectivity index (χ0v) is 19.3. The minimum Gasteiger partial charge on any atom is -0.481 e. The average Bonchev–Trinajstić information content (AvgIpc) is 3.37. The molecule has 0 aromatic heterocycles. The van der Waals surface area contributed by atoms with Gasteiger partial charge in [-0.3, -0.25) is 4.79 Å². The predicted octanol–water partition coefficient (Wildman–Crippen LogP) is 1.81. The zero-order chi connectivity index (χ0) is 22.6. The summed E-state index contributed by atoms with van der Waals surface area (Å²) in [5.41, 5.74) is 0.903. The molecular weight excluding hydrogens is 422 g/mol. The maximum Gasteiger partial charge on any atom is 0.308 e. The van der Waals surface area contributed by atoms with Gasteiger partial charge in [0.2, 0.25) is 6.79 Å². The Balaban J connectivity index is 1.69. The molecule has 0 bridgehead atoms. The van der Waals surface area contributed by atoms with Crippen LogP contribution in [0.4, 0.5) is 0 Å². The van der Waals surface area contributed by atoms with Gasteiger partial charge in [-0.1, -0.05) is 19.9 Å².